The minimum Gasteiger partial charge on any atom is -0.479 e. The topological polar surface area (TPSA) is 73.1 Å². The van der Waals surface area contributed by atoms with Crippen LogP contribution in [0.25, 0.3) is 0 Å². The van der Waals surface area contributed by atoms with Crippen molar-refractivity contribution in [1.29, 1.82) is 0 Å². The highest BCUT2D eigenvalue weighted by Crippen LogP contribution is 2.19. The fraction of sp³-hybridized carbons (Fsp3) is 0.273. The molecule has 0 aromatic heterocycles. The molecule has 0 bridgehead atoms. The molecule has 84 valence electrons. The van der Waals surface area contributed by atoms with E-state index in [0.717, 1.165) is 18.8 Å². The van der Waals surface area contributed by atoms with Crippen LogP contribution < -0.4 is 4.90 Å². The van der Waals surface area contributed by atoms with E-state index >= 15 is 0 Å². The van der Waals surface area contributed by atoms with Gasteiger partial charge in [0, 0.05) is 12.2 Å². The molecule has 16 heavy (non-hydrogen) atoms. The number of aliphatic imine (C=N–C) groups is 1. The fourth-order valence-electron chi connectivity index (χ4n) is 1.57. The first-order chi connectivity index (χ1) is 7.68. The van der Waals surface area contributed by atoms with Gasteiger partial charge in [-0.3, -0.25) is 4.99 Å². The third-order valence-corrected chi connectivity index (χ3v) is 2.47. The molecule has 1 unspecified atom stereocenters. The van der Waals surface area contributed by atoms with Crippen molar-refractivity contribution in [2.45, 2.75) is 6.10 Å². The number of hydrogen-bond acceptors (Lipinski definition) is 4. The summed E-state index contributed by atoms with van der Waals surface area (Å²) >= 11 is 0. The minimum absolute atomic E-state index is 0.382. The summed E-state index contributed by atoms with van der Waals surface area (Å²) in [5.74, 6) is -1.24. The van der Waals surface area contributed by atoms with E-state index < -0.39 is 12.1 Å². The van der Waals surface area contributed by atoms with Gasteiger partial charge in [-0.2, -0.15) is 0 Å². The number of anilines is 1. The summed E-state index contributed by atoms with van der Waals surface area (Å²) in [7, 11) is 0. The average molecular weight is 220 g/mol. The number of carboxylic acids is 1. The highest BCUT2D eigenvalue weighted by Gasteiger charge is 2.16. The number of carbonyl (C=O) groups is 1. The Kier molecular flexibility index (Phi) is 2.87. The first kappa shape index (κ1) is 10.6. The zero-order valence-electron chi connectivity index (χ0n) is 8.58. The summed E-state index contributed by atoms with van der Waals surface area (Å²) < 4.78 is 0. The van der Waals surface area contributed by atoms with E-state index in [-0.39, 0.29) is 0 Å². The molecule has 0 saturated carbocycles. The van der Waals surface area contributed by atoms with Crippen LogP contribution in [0.5, 0.6) is 0 Å². The van der Waals surface area contributed by atoms with Gasteiger partial charge in [0.25, 0.3) is 0 Å². The predicted molar refractivity (Wildman–Crippen MR) is 59.7 cm³/mol. The molecule has 5 nitrogen and oxygen atoms in total. The quantitative estimate of drug-likeness (QED) is 0.784. The molecule has 1 aliphatic heterocycles. The molecule has 1 aliphatic rings. The molecule has 0 fully saturated rings. The van der Waals surface area contributed by atoms with Crippen LogP contribution in [0.15, 0.2) is 29.3 Å². The lowest BCUT2D eigenvalue weighted by Crippen LogP contribution is -2.18. The molecule has 2 N–H and O–H groups in total. The number of rotatable bonds is 3. The molecule has 0 amide bonds. The van der Waals surface area contributed by atoms with Crippen molar-refractivity contribution in [2.24, 2.45) is 4.99 Å². The Labute approximate surface area is 92.7 Å². The average Bonchev–Trinajstić information content (AvgIpc) is 2.81. The molecule has 1 atom stereocenters. The second-order valence-electron chi connectivity index (χ2n) is 3.55. The van der Waals surface area contributed by atoms with Gasteiger partial charge in [-0.05, 0) is 17.7 Å². The van der Waals surface area contributed by atoms with Crippen LogP contribution in [0.1, 0.15) is 11.7 Å². The van der Waals surface area contributed by atoms with Crippen LogP contribution in [0.2, 0.25) is 0 Å². The predicted octanol–water partition coefficient (Wildman–Crippen LogP) is 0.653. The van der Waals surface area contributed by atoms with Crippen LogP contribution in [-0.4, -0.2) is 35.6 Å². The molecule has 1 aromatic rings. The molecular formula is C11H12N2O3. The standard InChI is InChI=1S/C11H12N2O3/c14-10(11(15)16)8-1-3-9(4-2-8)13-6-5-12-7-13/h1-4,7,10,14H,5-6H2,(H,15,16). The molecule has 0 radical (unpaired) electrons. The van der Waals surface area contributed by atoms with Crippen molar-refractivity contribution in [3.05, 3.63) is 29.8 Å². The lowest BCUT2D eigenvalue weighted by molar-refractivity contribution is -0.146. The van der Waals surface area contributed by atoms with E-state index in [4.69, 9.17) is 5.11 Å². The number of aliphatic carboxylic acids is 1. The van der Waals surface area contributed by atoms with Gasteiger partial charge in [0.1, 0.15) is 0 Å². The summed E-state index contributed by atoms with van der Waals surface area (Å²) in [6.07, 6.45) is 0.295. The zero-order valence-corrected chi connectivity index (χ0v) is 8.58. The summed E-state index contributed by atoms with van der Waals surface area (Å²) in [6.45, 7) is 1.61. The van der Waals surface area contributed by atoms with Gasteiger partial charge in [0.2, 0.25) is 0 Å². The van der Waals surface area contributed by atoms with E-state index in [1.54, 1.807) is 30.6 Å². The van der Waals surface area contributed by atoms with Gasteiger partial charge >= 0.3 is 5.97 Å². The Morgan fingerprint density at radius 2 is 2.06 bits per heavy atom. The molecule has 0 saturated heterocycles. The molecule has 0 spiro atoms. The smallest absolute Gasteiger partial charge is 0.337 e. The lowest BCUT2D eigenvalue weighted by atomic mass is 10.1. The van der Waals surface area contributed by atoms with Gasteiger partial charge < -0.3 is 15.1 Å². The van der Waals surface area contributed by atoms with E-state index in [1.165, 1.54) is 0 Å². The third kappa shape index (κ3) is 2.04. The molecule has 2 rings (SSSR count). The summed E-state index contributed by atoms with van der Waals surface area (Å²) in [5, 5.41) is 17.9. The first-order valence-electron chi connectivity index (χ1n) is 4.96. The van der Waals surface area contributed by atoms with Crippen molar-refractivity contribution < 1.29 is 15.0 Å². The Balaban J connectivity index is 2.15. The number of aliphatic hydroxyl groups excluding tert-OH is 1. The summed E-state index contributed by atoms with van der Waals surface area (Å²) in [4.78, 5) is 16.6. The molecule has 0 aliphatic carbocycles. The number of nitrogens with zero attached hydrogens (tertiary/aromatic N) is 2. The van der Waals surface area contributed by atoms with E-state index in [1.807, 2.05) is 4.90 Å². The van der Waals surface area contributed by atoms with Gasteiger partial charge in [-0.25, -0.2) is 4.79 Å². The highest BCUT2D eigenvalue weighted by atomic mass is 16.4. The van der Waals surface area contributed by atoms with E-state index in [0.29, 0.717) is 5.56 Å². The maximum absolute atomic E-state index is 10.6. The lowest BCUT2D eigenvalue weighted by Gasteiger charge is -2.14. The van der Waals surface area contributed by atoms with Crippen LogP contribution in [0.4, 0.5) is 5.69 Å². The van der Waals surface area contributed by atoms with Crippen LogP contribution in [0, 0.1) is 0 Å². The van der Waals surface area contributed by atoms with Gasteiger partial charge in [0.15, 0.2) is 6.10 Å². The summed E-state index contributed by atoms with van der Waals surface area (Å²) in [6, 6.07) is 6.78. The maximum Gasteiger partial charge on any atom is 0.337 e. The van der Waals surface area contributed by atoms with Crippen molar-refractivity contribution in [1.82, 2.24) is 0 Å². The van der Waals surface area contributed by atoms with E-state index in [9.17, 15) is 9.90 Å². The second kappa shape index (κ2) is 4.32. The highest BCUT2D eigenvalue weighted by molar-refractivity contribution is 5.81. The number of hydrogen-bond donors (Lipinski definition) is 2. The van der Waals surface area contributed by atoms with E-state index in [2.05, 4.69) is 4.99 Å². The Morgan fingerprint density at radius 1 is 1.38 bits per heavy atom. The maximum atomic E-state index is 10.6. The van der Waals surface area contributed by atoms with Gasteiger partial charge in [-0.1, -0.05) is 12.1 Å². The second-order valence-corrected chi connectivity index (χ2v) is 3.55. The minimum atomic E-state index is -1.46. The normalized spacial score (nSPS) is 16.4. The van der Waals surface area contributed by atoms with Gasteiger partial charge in [-0.15, -0.1) is 0 Å². The van der Waals surface area contributed by atoms with Crippen molar-refractivity contribution in [3.8, 4) is 0 Å². The first-order valence-corrected chi connectivity index (χ1v) is 4.96. The Morgan fingerprint density at radius 3 is 2.56 bits per heavy atom. The zero-order chi connectivity index (χ0) is 11.5. The Bertz CT molecular complexity index is 393. The molecule has 5 heteroatoms. The van der Waals surface area contributed by atoms with Gasteiger partial charge in [0.05, 0.1) is 12.9 Å². The molecule has 1 aromatic carbocycles. The van der Waals surface area contributed by atoms with Crippen molar-refractivity contribution >= 4 is 18.0 Å². The molecular weight excluding hydrogens is 208 g/mol. The van der Waals surface area contributed by atoms with Crippen LogP contribution >= 0.6 is 0 Å². The number of carboxylic acid groups (broad SMARTS) is 1. The third-order valence-electron chi connectivity index (χ3n) is 2.47. The van der Waals surface area contributed by atoms with Crippen molar-refractivity contribution in [2.75, 3.05) is 18.0 Å². The SMILES string of the molecule is O=C(O)C(O)c1ccc(N2C=NCC2)cc1. The van der Waals surface area contributed by atoms with Crippen LogP contribution in [-0.2, 0) is 4.79 Å². The molecule has 1 heterocycles. The largest absolute Gasteiger partial charge is 0.479 e. The Hall–Kier alpha value is -1.88. The van der Waals surface area contributed by atoms with Crippen molar-refractivity contribution in [3.63, 3.8) is 0 Å². The number of benzene rings is 1. The van der Waals surface area contributed by atoms with Crippen LogP contribution in [0.3, 0.4) is 0 Å². The number of aliphatic hydroxyl groups is 1. The monoisotopic (exact) mass is 220 g/mol. The summed E-state index contributed by atoms with van der Waals surface area (Å²) in [5.41, 5.74) is 1.33. The fourth-order valence-corrected chi connectivity index (χ4v) is 1.57.